The number of nitrogens with zero attached hydrogens (tertiary/aromatic N) is 3. The summed E-state index contributed by atoms with van der Waals surface area (Å²) in [4.78, 5) is 16.8. The fraction of sp³-hybridized carbons (Fsp3) is 0.438. The van der Waals surface area contributed by atoms with Crippen molar-refractivity contribution in [2.75, 3.05) is 5.73 Å². The molecule has 7 heteroatoms. The summed E-state index contributed by atoms with van der Waals surface area (Å²) in [7, 11) is 1.89. The van der Waals surface area contributed by atoms with Gasteiger partial charge in [-0.25, -0.2) is 9.48 Å². The van der Waals surface area contributed by atoms with E-state index in [0.717, 1.165) is 28.2 Å². The van der Waals surface area contributed by atoms with Gasteiger partial charge in [-0.1, -0.05) is 36.7 Å². The molecule has 1 fully saturated rings. The zero-order valence-electron chi connectivity index (χ0n) is 13.0. The molecule has 23 heavy (non-hydrogen) atoms. The van der Waals surface area contributed by atoms with Gasteiger partial charge in [-0.15, -0.1) is 0 Å². The van der Waals surface area contributed by atoms with Crippen LogP contribution in [0.15, 0.2) is 23.2 Å². The first-order chi connectivity index (χ1) is 11.0. The molecule has 1 saturated carbocycles. The van der Waals surface area contributed by atoms with Gasteiger partial charge in [-0.05, 0) is 25.0 Å². The summed E-state index contributed by atoms with van der Waals surface area (Å²) in [5.41, 5.74) is 7.00. The molecule has 0 unspecified atom stereocenters. The van der Waals surface area contributed by atoms with Gasteiger partial charge in [0.25, 0.3) is 0 Å². The number of carboxylic acid groups (broad SMARTS) is 1. The van der Waals surface area contributed by atoms with Crippen molar-refractivity contribution in [2.24, 2.45) is 12.0 Å². The molecule has 1 aromatic carbocycles. The lowest BCUT2D eigenvalue weighted by atomic mass is 9.96. The molecule has 0 amide bonds. The van der Waals surface area contributed by atoms with Gasteiger partial charge in [0.2, 0.25) is 4.80 Å². The molecular formula is C16H20N4O2S. The molecule has 3 N–H and O–H groups in total. The van der Waals surface area contributed by atoms with Gasteiger partial charge in [0.05, 0.1) is 11.6 Å². The Morgan fingerprint density at radius 2 is 2.13 bits per heavy atom. The van der Waals surface area contributed by atoms with Gasteiger partial charge in [0.15, 0.2) is 0 Å². The minimum absolute atomic E-state index is 0.113. The Hall–Kier alpha value is -2.15. The second-order valence-electron chi connectivity index (χ2n) is 5.84. The predicted octanol–water partition coefficient (Wildman–Crippen LogP) is 2.66. The number of aromatic carboxylic acids is 1. The maximum Gasteiger partial charge on any atom is 0.337 e. The van der Waals surface area contributed by atoms with E-state index in [2.05, 4.69) is 5.10 Å². The highest BCUT2D eigenvalue weighted by atomic mass is 32.1. The van der Waals surface area contributed by atoms with Crippen LogP contribution in [0.4, 0.5) is 5.69 Å². The summed E-state index contributed by atoms with van der Waals surface area (Å²) in [5, 5.41) is 14.3. The van der Waals surface area contributed by atoms with Crippen LogP contribution in [0.1, 0.15) is 42.5 Å². The number of anilines is 1. The molecule has 0 spiro atoms. The van der Waals surface area contributed by atoms with Crippen LogP contribution in [0.3, 0.4) is 0 Å². The van der Waals surface area contributed by atoms with Crippen molar-refractivity contribution in [2.45, 2.75) is 38.1 Å². The Kier molecular flexibility index (Phi) is 4.47. The molecule has 1 aromatic heterocycles. The van der Waals surface area contributed by atoms with Crippen LogP contribution in [0.2, 0.25) is 0 Å². The van der Waals surface area contributed by atoms with Crippen LogP contribution in [-0.4, -0.2) is 26.9 Å². The number of hydrogen-bond acceptors (Lipinski definition) is 5. The highest BCUT2D eigenvalue weighted by Gasteiger charge is 2.14. The van der Waals surface area contributed by atoms with Gasteiger partial charge in [0.1, 0.15) is 5.01 Å². The first-order valence-corrected chi connectivity index (χ1v) is 8.57. The average Bonchev–Trinajstić information content (AvgIpc) is 2.89. The molecule has 0 radical (unpaired) electrons. The lowest BCUT2D eigenvalue weighted by Crippen LogP contribution is -2.18. The van der Waals surface area contributed by atoms with Gasteiger partial charge in [-0.3, -0.25) is 4.99 Å². The molecule has 0 atom stereocenters. The molecule has 1 aliphatic rings. The van der Waals surface area contributed by atoms with E-state index in [0.29, 0.717) is 6.04 Å². The van der Waals surface area contributed by atoms with Crippen LogP contribution >= 0.6 is 11.3 Å². The number of aromatic nitrogens is 2. The van der Waals surface area contributed by atoms with Crippen molar-refractivity contribution in [3.8, 4) is 10.6 Å². The Morgan fingerprint density at radius 1 is 1.39 bits per heavy atom. The standard InChI is InChI=1S/C16H20N4O2S/c1-20-16(18-11-5-3-2-4-6-11)23-14(19-20)10-7-8-12(15(21)22)13(17)9-10/h7-9,11H,2-6,17H2,1H3,(H,21,22). The zero-order valence-corrected chi connectivity index (χ0v) is 13.8. The molecule has 0 saturated heterocycles. The number of benzene rings is 1. The van der Waals surface area contributed by atoms with E-state index >= 15 is 0 Å². The van der Waals surface area contributed by atoms with Crippen molar-refractivity contribution in [3.63, 3.8) is 0 Å². The number of carboxylic acids is 1. The fourth-order valence-corrected chi connectivity index (χ4v) is 3.79. The fourth-order valence-electron chi connectivity index (χ4n) is 2.84. The van der Waals surface area contributed by atoms with E-state index in [-0.39, 0.29) is 11.3 Å². The molecule has 0 aliphatic heterocycles. The Bertz CT molecular complexity index is 788. The second kappa shape index (κ2) is 6.54. The molecule has 1 aliphatic carbocycles. The van der Waals surface area contributed by atoms with E-state index in [4.69, 9.17) is 15.8 Å². The van der Waals surface area contributed by atoms with E-state index < -0.39 is 5.97 Å². The number of aryl methyl sites for hydroxylation is 1. The number of hydrogen-bond donors (Lipinski definition) is 2. The normalized spacial score (nSPS) is 16.7. The first kappa shape index (κ1) is 15.7. The van der Waals surface area contributed by atoms with Crippen LogP contribution in [0.25, 0.3) is 10.6 Å². The van der Waals surface area contributed by atoms with Crippen LogP contribution in [0, 0.1) is 0 Å². The molecule has 3 rings (SSSR count). The first-order valence-electron chi connectivity index (χ1n) is 7.76. The highest BCUT2D eigenvalue weighted by Crippen LogP contribution is 2.25. The zero-order chi connectivity index (χ0) is 16.4. The lowest BCUT2D eigenvalue weighted by molar-refractivity contribution is 0.0698. The summed E-state index contributed by atoms with van der Waals surface area (Å²) in [6.45, 7) is 0. The Morgan fingerprint density at radius 3 is 2.78 bits per heavy atom. The van der Waals surface area contributed by atoms with Crippen molar-refractivity contribution in [1.29, 1.82) is 0 Å². The van der Waals surface area contributed by atoms with E-state index in [9.17, 15) is 4.79 Å². The maximum atomic E-state index is 11.0. The monoisotopic (exact) mass is 332 g/mol. The summed E-state index contributed by atoms with van der Waals surface area (Å²) in [6.07, 6.45) is 6.09. The van der Waals surface area contributed by atoms with Crippen LogP contribution in [0.5, 0.6) is 0 Å². The average molecular weight is 332 g/mol. The van der Waals surface area contributed by atoms with Crippen LogP contribution in [-0.2, 0) is 7.05 Å². The largest absolute Gasteiger partial charge is 0.478 e. The quantitative estimate of drug-likeness (QED) is 0.845. The lowest BCUT2D eigenvalue weighted by Gasteiger charge is -2.16. The SMILES string of the molecule is Cn1nc(-c2ccc(C(=O)O)c(N)c2)sc1=NC1CCCCC1. The van der Waals surface area contributed by atoms with E-state index in [1.165, 1.54) is 36.7 Å². The van der Waals surface area contributed by atoms with Crippen molar-refractivity contribution < 1.29 is 9.90 Å². The minimum Gasteiger partial charge on any atom is -0.478 e. The topological polar surface area (TPSA) is 93.5 Å². The summed E-state index contributed by atoms with van der Waals surface area (Å²) in [5.74, 6) is -1.02. The second-order valence-corrected chi connectivity index (χ2v) is 6.80. The maximum absolute atomic E-state index is 11.0. The number of nitrogens with two attached hydrogens (primary N) is 1. The third-order valence-corrected chi connectivity index (χ3v) is 5.17. The Balaban J connectivity index is 1.92. The van der Waals surface area contributed by atoms with Crippen molar-refractivity contribution in [3.05, 3.63) is 28.6 Å². The van der Waals surface area contributed by atoms with Gasteiger partial charge in [0, 0.05) is 18.3 Å². The van der Waals surface area contributed by atoms with Crippen LogP contribution < -0.4 is 10.5 Å². The number of rotatable bonds is 3. The summed E-state index contributed by atoms with van der Waals surface area (Å²) in [6, 6.07) is 5.31. The molecule has 0 bridgehead atoms. The predicted molar refractivity (Wildman–Crippen MR) is 90.3 cm³/mol. The third kappa shape index (κ3) is 3.44. The summed E-state index contributed by atoms with van der Waals surface area (Å²) < 4.78 is 1.79. The van der Waals surface area contributed by atoms with E-state index in [1.54, 1.807) is 16.8 Å². The van der Waals surface area contributed by atoms with E-state index in [1.807, 2.05) is 7.05 Å². The van der Waals surface area contributed by atoms with Crippen molar-refractivity contribution in [1.82, 2.24) is 9.78 Å². The molecule has 2 aromatic rings. The highest BCUT2D eigenvalue weighted by molar-refractivity contribution is 7.12. The van der Waals surface area contributed by atoms with Crippen molar-refractivity contribution >= 4 is 23.0 Å². The molecule has 1 heterocycles. The minimum atomic E-state index is -1.02. The molecule has 6 nitrogen and oxygen atoms in total. The number of nitrogen functional groups attached to an aromatic ring is 1. The molecular weight excluding hydrogens is 312 g/mol. The molecule has 122 valence electrons. The summed E-state index contributed by atoms with van der Waals surface area (Å²) >= 11 is 1.51. The Labute approximate surface area is 138 Å². The number of carbonyl (C=O) groups is 1. The van der Waals surface area contributed by atoms with Gasteiger partial charge >= 0.3 is 5.97 Å². The third-order valence-electron chi connectivity index (χ3n) is 4.10. The van der Waals surface area contributed by atoms with Gasteiger partial charge in [-0.2, -0.15) is 5.10 Å². The smallest absolute Gasteiger partial charge is 0.337 e. The van der Waals surface area contributed by atoms with Gasteiger partial charge < -0.3 is 10.8 Å².